The molecule has 0 aromatic heterocycles. The van der Waals surface area contributed by atoms with E-state index in [1.165, 1.54) is 60.4 Å². The SMILES string of the molecule is CC(=O)S[C@H]1C[C@H](C(=O)N2CCN(CCOC(=O)OCc3ccc([N+](=O)[O-])cc3)CC2)N(C(=O)OCc2ccc([N+](=O)[O-])cc2)C1. The molecule has 2 saturated heterocycles. The summed E-state index contributed by atoms with van der Waals surface area (Å²) in [5, 5.41) is 21.2. The first-order valence-electron chi connectivity index (χ1n) is 14.4. The minimum Gasteiger partial charge on any atom is -0.445 e. The van der Waals surface area contributed by atoms with Crippen LogP contribution in [0.1, 0.15) is 24.5 Å². The molecule has 0 N–H and O–H groups in total. The zero-order valence-electron chi connectivity index (χ0n) is 25.0. The molecule has 2 atom stereocenters. The van der Waals surface area contributed by atoms with Gasteiger partial charge in [-0.1, -0.05) is 11.8 Å². The number of benzene rings is 2. The number of amides is 2. The summed E-state index contributed by atoms with van der Waals surface area (Å²) in [6, 6.07) is 10.4. The molecule has 2 aliphatic rings. The Hall–Kier alpha value is -4.77. The molecule has 0 radical (unpaired) electrons. The summed E-state index contributed by atoms with van der Waals surface area (Å²) in [5.41, 5.74) is 0.974. The number of nitro benzene ring substituents is 2. The molecule has 16 nitrogen and oxygen atoms in total. The van der Waals surface area contributed by atoms with Crippen LogP contribution >= 0.6 is 11.8 Å². The van der Waals surface area contributed by atoms with E-state index in [1.54, 1.807) is 4.90 Å². The molecule has 17 heteroatoms. The second-order valence-electron chi connectivity index (χ2n) is 10.6. The monoisotopic (exact) mass is 659 g/mol. The van der Waals surface area contributed by atoms with E-state index in [2.05, 4.69) is 0 Å². The maximum Gasteiger partial charge on any atom is 0.508 e. The van der Waals surface area contributed by atoms with E-state index in [4.69, 9.17) is 14.2 Å². The van der Waals surface area contributed by atoms with Gasteiger partial charge in [0.15, 0.2) is 5.12 Å². The lowest BCUT2D eigenvalue weighted by Gasteiger charge is -2.37. The van der Waals surface area contributed by atoms with Gasteiger partial charge in [-0.2, -0.15) is 0 Å². The van der Waals surface area contributed by atoms with Crippen LogP contribution in [0.2, 0.25) is 0 Å². The van der Waals surface area contributed by atoms with Gasteiger partial charge in [0.2, 0.25) is 5.91 Å². The highest BCUT2D eigenvalue weighted by Crippen LogP contribution is 2.30. The molecule has 0 saturated carbocycles. The molecule has 4 rings (SSSR count). The Kier molecular flexibility index (Phi) is 11.9. The number of likely N-dealkylation sites (tertiary alicyclic amines) is 1. The quantitative estimate of drug-likeness (QED) is 0.194. The topological polar surface area (TPSA) is 192 Å². The minimum atomic E-state index is -0.869. The van der Waals surface area contributed by atoms with E-state index in [-0.39, 0.29) is 54.0 Å². The van der Waals surface area contributed by atoms with Gasteiger partial charge >= 0.3 is 12.2 Å². The van der Waals surface area contributed by atoms with Gasteiger partial charge in [0.1, 0.15) is 25.9 Å². The van der Waals surface area contributed by atoms with Crippen molar-refractivity contribution in [3.63, 3.8) is 0 Å². The normalized spacial score (nSPS) is 18.1. The second-order valence-corrected chi connectivity index (χ2v) is 12.1. The van der Waals surface area contributed by atoms with E-state index in [1.807, 2.05) is 4.90 Å². The summed E-state index contributed by atoms with van der Waals surface area (Å²) in [6.07, 6.45) is -1.28. The Morgan fingerprint density at radius 1 is 0.826 bits per heavy atom. The minimum absolute atomic E-state index is 0.0635. The molecule has 0 unspecified atom stereocenters. The van der Waals surface area contributed by atoms with E-state index >= 15 is 0 Å². The first kappa shape index (κ1) is 34.1. The first-order chi connectivity index (χ1) is 22.0. The van der Waals surface area contributed by atoms with Crippen LogP contribution in [0, 0.1) is 20.2 Å². The molecule has 0 aliphatic carbocycles. The molecule has 2 heterocycles. The van der Waals surface area contributed by atoms with E-state index in [0.717, 1.165) is 11.8 Å². The summed E-state index contributed by atoms with van der Waals surface area (Å²) in [7, 11) is 0. The van der Waals surface area contributed by atoms with Crippen LogP contribution in [-0.4, -0.2) is 105 Å². The molecule has 2 fully saturated rings. The van der Waals surface area contributed by atoms with Crippen molar-refractivity contribution in [3.8, 4) is 0 Å². The van der Waals surface area contributed by atoms with Crippen LogP contribution in [0.5, 0.6) is 0 Å². The van der Waals surface area contributed by atoms with Gasteiger partial charge in [0.05, 0.1) is 9.85 Å². The standard InChI is InChI=1S/C29H33N5O11S/c1-20(35)46-25-16-26(32(17-25)28(37)44-18-21-2-6-23(7-3-21)33(39)40)27(36)31-12-10-30(11-13-31)14-15-43-29(38)45-19-22-4-8-24(9-5-22)34(41)42/h2-9,25-26H,10-19H2,1H3/t25-,26+/m0/s1. The van der Waals surface area contributed by atoms with Crippen LogP contribution < -0.4 is 0 Å². The number of non-ortho nitro benzene ring substituents is 2. The summed E-state index contributed by atoms with van der Waals surface area (Å²) in [5.74, 6) is -0.246. The van der Waals surface area contributed by atoms with E-state index < -0.39 is 28.1 Å². The lowest BCUT2D eigenvalue weighted by molar-refractivity contribution is -0.385. The molecular weight excluding hydrogens is 626 g/mol. The largest absolute Gasteiger partial charge is 0.508 e. The lowest BCUT2D eigenvalue weighted by Crippen LogP contribution is -2.54. The van der Waals surface area contributed by atoms with Crippen molar-refractivity contribution in [2.75, 3.05) is 45.9 Å². The van der Waals surface area contributed by atoms with Gasteiger partial charge in [-0.05, 0) is 41.8 Å². The zero-order chi connectivity index (χ0) is 33.2. The summed E-state index contributed by atoms with van der Waals surface area (Å²) >= 11 is 1.08. The Morgan fingerprint density at radius 2 is 1.37 bits per heavy atom. The fourth-order valence-electron chi connectivity index (χ4n) is 5.05. The average molecular weight is 660 g/mol. The second kappa shape index (κ2) is 16.0. The Morgan fingerprint density at radius 3 is 1.89 bits per heavy atom. The number of rotatable bonds is 11. The predicted molar refractivity (Wildman–Crippen MR) is 163 cm³/mol. The number of carbonyl (C=O) groups excluding carboxylic acids is 4. The van der Waals surface area contributed by atoms with Gasteiger partial charge in [-0.15, -0.1) is 0 Å². The van der Waals surface area contributed by atoms with Gasteiger partial charge in [0.25, 0.3) is 11.4 Å². The molecule has 2 aromatic rings. The first-order valence-corrected chi connectivity index (χ1v) is 15.3. The lowest BCUT2D eigenvalue weighted by atomic mass is 10.1. The third kappa shape index (κ3) is 9.61. The fraction of sp³-hybridized carbons (Fsp3) is 0.448. The summed E-state index contributed by atoms with van der Waals surface area (Å²) in [6.45, 7) is 3.63. The van der Waals surface area contributed by atoms with Gasteiger partial charge in [-0.3, -0.25) is 39.6 Å². The van der Waals surface area contributed by atoms with Crippen molar-refractivity contribution in [1.29, 1.82) is 0 Å². The number of piperazine rings is 1. The third-order valence-electron chi connectivity index (χ3n) is 7.44. The van der Waals surface area contributed by atoms with Crippen molar-refractivity contribution in [2.24, 2.45) is 0 Å². The van der Waals surface area contributed by atoms with Crippen molar-refractivity contribution in [2.45, 2.75) is 37.9 Å². The number of carbonyl (C=O) groups is 4. The smallest absolute Gasteiger partial charge is 0.445 e. The van der Waals surface area contributed by atoms with Crippen LogP contribution in [0.3, 0.4) is 0 Å². The number of ether oxygens (including phenoxy) is 3. The highest BCUT2D eigenvalue weighted by Gasteiger charge is 2.43. The van der Waals surface area contributed by atoms with Gasteiger partial charge in [-0.25, -0.2) is 9.59 Å². The number of hydrogen-bond acceptors (Lipinski definition) is 13. The van der Waals surface area contributed by atoms with E-state index in [9.17, 15) is 39.4 Å². The molecule has 2 aliphatic heterocycles. The van der Waals surface area contributed by atoms with Gasteiger partial charge in [0, 0.05) is 75.7 Å². The number of hydrogen-bond donors (Lipinski definition) is 0. The Labute approximate surface area is 267 Å². The van der Waals surface area contributed by atoms with Crippen LogP contribution in [0.4, 0.5) is 21.0 Å². The molecule has 0 bridgehead atoms. The van der Waals surface area contributed by atoms with Crippen molar-refractivity contribution in [3.05, 3.63) is 79.9 Å². The summed E-state index contributed by atoms with van der Waals surface area (Å²) < 4.78 is 15.6. The Bertz CT molecular complexity index is 1430. The van der Waals surface area contributed by atoms with Crippen molar-refractivity contribution in [1.82, 2.24) is 14.7 Å². The highest BCUT2D eigenvalue weighted by molar-refractivity contribution is 8.14. The van der Waals surface area contributed by atoms with Crippen LogP contribution in [0.25, 0.3) is 0 Å². The van der Waals surface area contributed by atoms with Crippen molar-refractivity contribution >= 4 is 46.4 Å². The third-order valence-corrected chi connectivity index (χ3v) is 8.45. The molecule has 46 heavy (non-hydrogen) atoms. The number of thioether (sulfide) groups is 1. The molecular formula is C29H33N5O11S. The van der Waals surface area contributed by atoms with E-state index in [0.29, 0.717) is 50.3 Å². The zero-order valence-corrected chi connectivity index (χ0v) is 25.8. The summed E-state index contributed by atoms with van der Waals surface area (Å²) in [4.78, 5) is 75.9. The van der Waals surface area contributed by atoms with Crippen molar-refractivity contribution < 1.29 is 43.2 Å². The molecule has 2 amide bonds. The van der Waals surface area contributed by atoms with Gasteiger partial charge < -0.3 is 19.1 Å². The average Bonchev–Trinajstić information content (AvgIpc) is 3.46. The maximum atomic E-state index is 13.6. The fourth-order valence-corrected chi connectivity index (χ4v) is 6.04. The number of nitro groups is 2. The molecule has 2 aromatic carbocycles. The highest BCUT2D eigenvalue weighted by atomic mass is 32.2. The maximum absolute atomic E-state index is 13.6. The molecule has 246 valence electrons. The predicted octanol–water partition coefficient (Wildman–Crippen LogP) is 3.36. The van der Waals surface area contributed by atoms with Crippen LogP contribution in [-0.2, 0) is 37.0 Å². The molecule has 0 spiro atoms. The number of nitrogens with zero attached hydrogens (tertiary/aromatic N) is 5. The Balaban J connectivity index is 1.22. The van der Waals surface area contributed by atoms with Crippen LogP contribution in [0.15, 0.2) is 48.5 Å².